The van der Waals surface area contributed by atoms with E-state index < -0.39 is 0 Å². The van der Waals surface area contributed by atoms with Crippen molar-refractivity contribution in [2.75, 3.05) is 18.8 Å². The fourth-order valence-electron chi connectivity index (χ4n) is 2.48. The van der Waals surface area contributed by atoms with Crippen LogP contribution < -0.4 is 0 Å². The Balaban J connectivity index is 1.67. The number of thioether (sulfide) groups is 1. The van der Waals surface area contributed by atoms with Crippen molar-refractivity contribution < 1.29 is 9.21 Å². The highest BCUT2D eigenvalue weighted by Gasteiger charge is 2.23. The molecule has 1 saturated heterocycles. The van der Waals surface area contributed by atoms with Gasteiger partial charge >= 0.3 is 0 Å². The van der Waals surface area contributed by atoms with Gasteiger partial charge in [0.2, 0.25) is 0 Å². The maximum Gasteiger partial charge on any atom is 0.257 e. The quantitative estimate of drug-likeness (QED) is 0.846. The highest BCUT2D eigenvalue weighted by Crippen LogP contribution is 2.34. The van der Waals surface area contributed by atoms with E-state index in [0.29, 0.717) is 10.8 Å². The van der Waals surface area contributed by atoms with Crippen LogP contribution in [0.25, 0.3) is 0 Å². The summed E-state index contributed by atoms with van der Waals surface area (Å²) in [5.74, 6) is 1.05. The standard InChI is InChI=1S/C16H17NO2S/c18-16(14-7-10-19-12-14)17-8-6-15(20-11-9-17)13-4-2-1-3-5-13/h1-5,7,10,12,15H,6,8-9,11H2. The minimum absolute atomic E-state index is 0.0769. The number of nitrogens with zero attached hydrogens (tertiary/aromatic N) is 1. The summed E-state index contributed by atoms with van der Waals surface area (Å²) < 4.78 is 5.00. The van der Waals surface area contributed by atoms with Crippen LogP contribution in [0.2, 0.25) is 0 Å². The topological polar surface area (TPSA) is 33.5 Å². The van der Waals surface area contributed by atoms with Crippen molar-refractivity contribution in [3.8, 4) is 0 Å². The van der Waals surface area contributed by atoms with E-state index in [2.05, 4.69) is 24.3 Å². The first kappa shape index (κ1) is 13.3. The van der Waals surface area contributed by atoms with Crippen molar-refractivity contribution in [1.29, 1.82) is 0 Å². The molecule has 1 amide bonds. The van der Waals surface area contributed by atoms with E-state index in [1.54, 1.807) is 12.3 Å². The van der Waals surface area contributed by atoms with Crippen molar-refractivity contribution >= 4 is 17.7 Å². The minimum Gasteiger partial charge on any atom is -0.472 e. The largest absolute Gasteiger partial charge is 0.472 e. The van der Waals surface area contributed by atoms with Gasteiger partial charge in [-0.15, -0.1) is 0 Å². The summed E-state index contributed by atoms with van der Waals surface area (Å²) >= 11 is 1.94. The predicted molar refractivity (Wildman–Crippen MR) is 80.9 cm³/mol. The summed E-state index contributed by atoms with van der Waals surface area (Å²) in [7, 11) is 0. The van der Waals surface area contributed by atoms with Crippen LogP contribution in [0.15, 0.2) is 53.3 Å². The number of carbonyl (C=O) groups excluding carboxylic acids is 1. The third kappa shape index (κ3) is 2.90. The van der Waals surface area contributed by atoms with Crippen LogP contribution >= 0.6 is 11.8 Å². The highest BCUT2D eigenvalue weighted by molar-refractivity contribution is 7.99. The van der Waals surface area contributed by atoms with Crippen molar-refractivity contribution in [3.05, 3.63) is 60.1 Å². The van der Waals surface area contributed by atoms with E-state index in [1.165, 1.54) is 11.8 Å². The lowest BCUT2D eigenvalue weighted by Gasteiger charge is -2.19. The summed E-state index contributed by atoms with van der Waals surface area (Å²) in [4.78, 5) is 14.2. The Kier molecular flexibility index (Phi) is 4.11. The van der Waals surface area contributed by atoms with Crippen molar-refractivity contribution in [3.63, 3.8) is 0 Å². The molecular weight excluding hydrogens is 270 g/mol. The third-order valence-electron chi connectivity index (χ3n) is 3.57. The Hall–Kier alpha value is -1.68. The van der Waals surface area contributed by atoms with Gasteiger partial charge in [-0.05, 0) is 18.1 Å². The Labute approximate surface area is 123 Å². The fraction of sp³-hybridized carbons (Fsp3) is 0.312. The second-order valence-electron chi connectivity index (χ2n) is 4.86. The summed E-state index contributed by atoms with van der Waals surface area (Å²) in [6, 6.07) is 12.3. The number of furan rings is 1. The fourth-order valence-corrected chi connectivity index (χ4v) is 3.71. The molecule has 1 fully saturated rings. The lowest BCUT2D eigenvalue weighted by Crippen LogP contribution is -2.32. The second kappa shape index (κ2) is 6.18. The molecule has 3 nitrogen and oxygen atoms in total. The van der Waals surface area contributed by atoms with Gasteiger partial charge in [0.1, 0.15) is 6.26 Å². The van der Waals surface area contributed by atoms with Crippen molar-refractivity contribution in [2.24, 2.45) is 0 Å². The van der Waals surface area contributed by atoms with E-state index >= 15 is 0 Å². The third-order valence-corrected chi connectivity index (χ3v) is 4.90. The van der Waals surface area contributed by atoms with Crippen LogP contribution in [0.4, 0.5) is 0 Å². The first-order valence-electron chi connectivity index (χ1n) is 6.82. The van der Waals surface area contributed by atoms with E-state index in [4.69, 9.17) is 4.42 Å². The van der Waals surface area contributed by atoms with Crippen LogP contribution in [0.3, 0.4) is 0 Å². The van der Waals surface area contributed by atoms with E-state index in [0.717, 1.165) is 25.3 Å². The van der Waals surface area contributed by atoms with Gasteiger partial charge in [0.05, 0.1) is 11.8 Å². The molecule has 1 aromatic carbocycles. The number of hydrogen-bond acceptors (Lipinski definition) is 3. The Morgan fingerprint density at radius 3 is 2.80 bits per heavy atom. The average Bonchev–Trinajstić information content (AvgIpc) is 2.92. The summed E-state index contributed by atoms with van der Waals surface area (Å²) in [6.07, 6.45) is 4.07. The van der Waals surface area contributed by atoms with Crippen LogP contribution in [0.5, 0.6) is 0 Å². The summed E-state index contributed by atoms with van der Waals surface area (Å²) in [6.45, 7) is 1.61. The number of carbonyl (C=O) groups is 1. The minimum atomic E-state index is 0.0769. The molecule has 1 aromatic heterocycles. The molecule has 1 unspecified atom stereocenters. The molecule has 0 spiro atoms. The van der Waals surface area contributed by atoms with Gasteiger partial charge in [0.25, 0.3) is 5.91 Å². The van der Waals surface area contributed by atoms with Crippen LogP contribution in [-0.2, 0) is 0 Å². The molecule has 1 atom stereocenters. The molecule has 104 valence electrons. The van der Waals surface area contributed by atoms with Gasteiger partial charge in [0.15, 0.2) is 0 Å². The molecule has 0 radical (unpaired) electrons. The lowest BCUT2D eigenvalue weighted by atomic mass is 10.1. The van der Waals surface area contributed by atoms with E-state index in [9.17, 15) is 4.79 Å². The number of rotatable bonds is 2. The Bertz CT molecular complexity index is 553. The maximum atomic E-state index is 12.3. The molecule has 1 aliphatic heterocycles. The normalized spacial score (nSPS) is 19.6. The van der Waals surface area contributed by atoms with Gasteiger partial charge in [0, 0.05) is 24.1 Å². The SMILES string of the molecule is O=C(c1ccoc1)N1CCSC(c2ccccc2)CC1. The molecule has 2 aromatic rings. The first-order chi connectivity index (χ1) is 9.84. The lowest BCUT2D eigenvalue weighted by molar-refractivity contribution is 0.0766. The molecule has 1 aliphatic rings. The zero-order chi connectivity index (χ0) is 13.8. The summed E-state index contributed by atoms with van der Waals surface area (Å²) in [5.41, 5.74) is 2.00. The van der Waals surface area contributed by atoms with Gasteiger partial charge in [-0.1, -0.05) is 30.3 Å². The van der Waals surface area contributed by atoms with Gasteiger partial charge < -0.3 is 9.32 Å². The number of hydrogen-bond donors (Lipinski definition) is 0. The predicted octanol–water partition coefficient (Wildman–Crippen LogP) is 3.60. The van der Waals surface area contributed by atoms with Crippen LogP contribution in [-0.4, -0.2) is 29.6 Å². The Morgan fingerprint density at radius 2 is 2.05 bits per heavy atom. The number of benzene rings is 1. The van der Waals surface area contributed by atoms with Crippen LogP contribution in [0.1, 0.15) is 27.6 Å². The smallest absolute Gasteiger partial charge is 0.257 e. The molecule has 0 N–H and O–H groups in total. The number of amides is 1. The molecule has 0 bridgehead atoms. The van der Waals surface area contributed by atoms with Gasteiger partial charge in [-0.25, -0.2) is 0 Å². The molecule has 0 saturated carbocycles. The molecular formula is C16H17NO2S. The van der Waals surface area contributed by atoms with Crippen molar-refractivity contribution in [1.82, 2.24) is 4.90 Å². The van der Waals surface area contributed by atoms with Gasteiger partial charge in [-0.2, -0.15) is 11.8 Å². The van der Waals surface area contributed by atoms with Crippen LogP contribution in [0, 0.1) is 0 Å². The van der Waals surface area contributed by atoms with E-state index in [1.807, 2.05) is 22.7 Å². The average molecular weight is 287 g/mol. The second-order valence-corrected chi connectivity index (χ2v) is 6.17. The maximum absolute atomic E-state index is 12.3. The summed E-state index contributed by atoms with van der Waals surface area (Å²) in [5, 5.41) is 0.485. The zero-order valence-electron chi connectivity index (χ0n) is 11.2. The van der Waals surface area contributed by atoms with E-state index in [-0.39, 0.29) is 5.91 Å². The molecule has 2 heterocycles. The molecule has 4 heteroatoms. The highest BCUT2D eigenvalue weighted by atomic mass is 32.2. The first-order valence-corrected chi connectivity index (χ1v) is 7.87. The molecule has 20 heavy (non-hydrogen) atoms. The zero-order valence-corrected chi connectivity index (χ0v) is 12.0. The van der Waals surface area contributed by atoms with Gasteiger partial charge in [-0.3, -0.25) is 4.79 Å². The van der Waals surface area contributed by atoms with Crippen molar-refractivity contribution in [2.45, 2.75) is 11.7 Å². The molecule has 3 rings (SSSR count). The monoisotopic (exact) mass is 287 g/mol. The Morgan fingerprint density at radius 1 is 1.20 bits per heavy atom. The molecule has 0 aliphatic carbocycles.